The molecule has 40 heavy (non-hydrogen) atoms. The van der Waals surface area contributed by atoms with Gasteiger partial charge in [0, 0.05) is 48.3 Å². The Morgan fingerprint density at radius 3 is 2.25 bits per heavy atom. The maximum Gasteiger partial charge on any atom is 0.254 e. The Morgan fingerprint density at radius 2 is 1.57 bits per heavy atom. The molecule has 2 atom stereocenters. The average Bonchev–Trinajstić information content (AvgIpc) is 2.92. The first-order chi connectivity index (χ1) is 19.0. The molecule has 206 valence electrons. The smallest absolute Gasteiger partial charge is 0.254 e. The van der Waals surface area contributed by atoms with Crippen LogP contribution in [-0.4, -0.2) is 54.6 Å². The fraction of sp³-hybridized carbons (Fsp3) is 0.207. The number of nitrogens with zero attached hydrogens (tertiary/aromatic N) is 3. The van der Waals surface area contributed by atoms with E-state index in [0.717, 1.165) is 21.9 Å². The number of primary amides is 1. The number of pyridine rings is 1. The number of fused-ring (bicyclic) bond motifs is 1. The second-order valence-corrected chi connectivity index (χ2v) is 12.3. The Morgan fingerprint density at radius 1 is 0.950 bits per heavy atom. The summed E-state index contributed by atoms with van der Waals surface area (Å²) < 4.78 is 29.4. The Kier molecular flexibility index (Phi) is 7.50. The first-order valence-electron chi connectivity index (χ1n) is 12.6. The molecule has 0 radical (unpaired) electrons. The SMILES string of the molecule is CC1CN(S(=O)(=O)c2ccc3cc(Cl)ccc3c2)CC(CC(N)=O)N1C(=O)c1ccc(-c2cc[n+]([O-])cc2)cc1. The van der Waals surface area contributed by atoms with Crippen LogP contribution in [0.5, 0.6) is 0 Å². The summed E-state index contributed by atoms with van der Waals surface area (Å²) in [5, 5.41) is 13.4. The van der Waals surface area contributed by atoms with Gasteiger partial charge in [-0.3, -0.25) is 9.59 Å². The molecule has 0 saturated carbocycles. The summed E-state index contributed by atoms with van der Waals surface area (Å²) in [7, 11) is -3.93. The molecule has 1 saturated heterocycles. The molecule has 1 aliphatic rings. The van der Waals surface area contributed by atoms with Gasteiger partial charge in [0.25, 0.3) is 5.91 Å². The van der Waals surface area contributed by atoms with Crippen LogP contribution in [-0.2, 0) is 14.8 Å². The summed E-state index contributed by atoms with van der Waals surface area (Å²) in [6.07, 6.45) is 2.60. The second-order valence-electron chi connectivity index (χ2n) is 9.89. The van der Waals surface area contributed by atoms with Crippen molar-refractivity contribution in [3.63, 3.8) is 0 Å². The lowest BCUT2D eigenvalue weighted by molar-refractivity contribution is -0.605. The number of rotatable bonds is 6. The predicted octanol–water partition coefficient (Wildman–Crippen LogP) is 3.57. The van der Waals surface area contributed by atoms with Crippen LogP contribution in [0.2, 0.25) is 5.02 Å². The number of halogens is 1. The lowest BCUT2D eigenvalue weighted by atomic mass is 10.0. The zero-order chi connectivity index (χ0) is 28.6. The lowest BCUT2D eigenvalue weighted by Crippen LogP contribution is -2.61. The van der Waals surface area contributed by atoms with E-state index >= 15 is 0 Å². The van der Waals surface area contributed by atoms with Gasteiger partial charge in [-0.1, -0.05) is 35.9 Å². The topological polar surface area (TPSA) is 128 Å². The summed E-state index contributed by atoms with van der Waals surface area (Å²) in [6, 6.07) is 19.0. The van der Waals surface area contributed by atoms with Crippen molar-refractivity contribution in [3.05, 3.63) is 101 Å². The van der Waals surface area contributed by atoms with Crippen LogP contribution in [0.1, 0.15) is 23.7 Å². The molecule has 2 amide bonds. The van der Waals surface area contributed by atoms with E-state index < -0.39 is 28.0 Å². The van der Waals surface area contributed by atoms with Gasteiger partial charge < -0.3 is 15.8 Å². The fourth-order valence-corrected chi connectivity index (χ4v) is 6.94. The van der Waals surface area contributed by atoms with E-state index in [1.165, 1.54) is 22.8 Å². The van der Waals surface area contributed by atoms with Crippen LogP contribution in [0.25, 0.3) is 21.9 Å². The standard InChI is InChI=1S/C29H27ClN4O5S/c1-19-17-33(40(38,39)27-9-7-23-14-25(30)8-6-24(23)15-27)18-26(16-28(31)35)34(19)29(36)22-4-2-20(3-5-22)21-10-12-32(37)13-11-21/h2-15,19,26H,16-18H2,1H3,(H2,31,35). The van der Waals surface area contributed by atoms with E-state index in [1.54, 1.807) is 78.6 Å². The van der Waals surface area contributed by atoms with Crippen LogP contribution in [0.3, 0.4) is 0 Å². The Labute approximate surface area is 237 Å². The number of sulfonamides is 1. The molecule has 0 spiro atoms. The Bertz CT molecular complexity index is 1690. The minimum atomic E-state index is -3.93. The van der Waals surface area contributed by atoms with E-state index in [2.05, 4.69) is 0 Å². The molecule has 1 aliphatic heterocycles. The summed E-state index contributed by atoms with van der Waals surface area (Å²) in [6.45, 7) is 1.74. The first kappa shape index (κ1) is 27.6. The van der Waals surface area contributed by atoms with Crippen LogP contribution < -0.4 is 10.5 Å². The Balaban J connectivity index is 1.40. The minimum Gasteiger partial charge on any atom is -0.619 e. The van der Waals surface area contributed by atoms with Gasteiger partial charge >= 0.3 is 0 Å². The first-order valence-corrected chi connectivity index (χ1v) is 14.4. The molecule has 3 aromatic carbocycles. The molecule has 9 nitrogen and oxygen atoms in total. The van der Waals surface area contributed by atoms with E-state index in [-0.39, 0.29) is 30.3 Å². The second kappa shape index (κ2) is 10.9. The zero-order valence-electron chi connectivity index (χ0n) is 21.6. The highest BCUT2D eigenvalue weighted by Crippen LogP contribution is 2.29. The van der Waals surface area contributed by atoms with E-state index in [0.29, 0.717) is 15.3 Å². The third-order valence-corrected chi connectivity index (χ3v) is 9.16. The van der Waals surface area contributed by atoms with Crippen molar-refractivity contribution in [3.8, 4) is 11.1 Å². The average molecular weight is 579 g/mol. The van der Waals surface area contributed by atoms with Gasteiger partial charge in [-0.2, -0.15) is 9.04 Å². The number of amides is 2. The summed E-state index contributed by atoms with van der Waals surface area (Å²) in [4.78, 5) is 27.3. The van der Waals surface area contributed by atoms with Crippen molar-refractivity contribution in [2.75, 3.05) is 13.1 Å². The number of nitrogens with two attached hydrogens (primary N) is 1. The number of carbonyl (C=O) groups excluding carboxylic acids is 2. The van der Waals surface area contributed by atoms with Gasteiger partial charge in [-0.05, 0) is 65.2 Å². The maximum atomic E-state index is 13.7. The van der Waals surface area contributed by atoms with Crippen molar-refractivity contribution in [1.82, 2.24) is 9.21 Å². The van der Waals surface area contributed by atoms with Gasteiger partial charge in [0.15, 0.2) is 12.4 Å². The number of hydrogen-bond acceptors (Lipinski definition) is 5. The normalized spacial score (nSPS) is 18.1. The van der Waals surface area contributed by atoms with Gasteiger partial charge in [-0.25, -0.2) is 8.42 Å². The van der Waals surface area contributed by atoms with Gasteiger partial charge in [0.05, 0.1) is 10.9 Å². The molecule has 2 heterocycles. The number of hydrogen-bond donors (Lipinski definition) is 1. The van der Waals surface area contributed by atoms with Crippen molar-refractivity contribution in [2.24, 2.45) is 5.73 Å². The van der Waals surface area contributed by atoms with Gasteiger partial charge in [0.2, 0.25) is 15.9 Å². The van der Waals surface area contributed by atoms with Crippen molar-refractivity contribution in [1.29, 1.82) is 0 Å². The highest BCUT2D eigenvalue weighted by molar-refractivity contribution is 7.89. The monoisotopic (exact) mass is 578 g/mol. The molecule has 1 fully saturated rings. The largest absolute Gasteiger partial charge is 0.619 e. The molecule has 0 aliphatic carbocycles. The van der Waals surface area contributed by atoms with E-state index in [9.17, 15) is 23.2 Å². The lowest BCUT2D eigenvalue weighted by Gasteiger charge is -2.44. The van der Waals surface area contributed by atoms with Crippen LogP contribution in [0.15, 0.2) is 90.1 Å². The van der Waals surface area contributed by atoms with Crippen LogP contribution in [0, 0.1) is 5.21 Å². The van der Waals surface area contributed by atoms with E-state index in [1.807, 2.05) is 0 Å². The van der Waals surface area contributed by atoms with Crippen molar-refractivity contribution in [2.45, 2.75) is 30.3 Å². The molecule has 2 unspecified atom stereocenters. The zero-order valence-corrected chi connectivity index (χ0v) is 23.2. The van der Waals surface area contributed by atoms with Gasteiger partial charge in [-0.15, -0.1) is 0 Å². The molecule has 5 rings (SSSR count). The quantitative estimate of drug-likeness (QED) is 0.276. The number of benzene rings is 3. The molecular weight excluding hydrogens is 552 g/mol. The third-order valence-electron chi connectivity index (χ3n) is 7.10. The third kappa shape index (κ3) is 5.51. The maximum absolute atomic E-state index is 13.7. The number of carbonyl (C=O) groups is 2. The molecule has 1 aromatic heterocycles. The summed E-state index contributed by atoms with van der Waals surface area (Å²) in [5.41, 5.74) is 7.57. The van der Waals surface area contributed by atoms with E-state index in [4.69, 9.17) is 17.3 Å². The fourth-order valence-electron chi connectivity index (χ4n) is 5.16. The molecule has 0 bridgehead atoms. The number of aromatic nitrogens is 1. The van der Waals surface area contributed by atoms with Gasteiger partial charge in [0.1, 0.15) is 0 Å². The minimum absolute atomic E-state index is 0.0548. The Hall–Kier alpha value is -3.99. The molecule has 2 N–H and O–H groups in total. The number of piperazine rings is 1. The molecule has 11 heteroatoms. The molecule has 4 aromatic rings. The van der Waals surface area contributed by atoms with Crippen LogP contribution in [0.4, 0.5) is 0 Å². The van der Waals surface area contributed by atoms with Crippen LogP contribution >= 0.6 is 11.6 Å². The molecular formula is C29H27ClN4O5S. The predicted molar refractivity (Wildman–Crippen MR) is 152 cm³/mol. The highest BCUT2D eigenvalue weighted by Gasteiger charge is 2.41. The highest BCUT2D eigenvalue weighted by atomic mass is 35.5. The summed E-state index contributed by atoms with van der Waals surface area (Å²) in [5.74, 6) is -0.956. The summed E-state index contributed by atoms with van der Waals surface area (Å²) >= 11 is 6.06. The van der Waals surface area contributed by atoms with Crippen molar-refractivity contribution >= 4 is 44.2 Å². The van der Waals surface area contributed by atoms with Crippen molar-refractivity contribution < 1.29 is 22.7 Å².